The molecule has 5 rings (SSSR count). The first-order valence-corrected chi connectivity index (χ1v) is 10.3. The predicted molar refractivity (Wildman–Crippen MR) is 106 cm³/mol. The second-order valence-electron chi connectivity index (χ2n) is 7.97. The quantitative estimate of drug-likeness (QED) is 0.778. The third kappa shape index (κ3) is 2.98. The Morgan fingerprint density at radius 2 is 1.75 bits per heavy atom. The molecule has 3 aliphatic heterocycles. The van der Waals surface area contributed by atoms with Gasteiger partial charge in [0.25, 0.3) is 0 Å². The van der Waals surface area contributed by atoms with Gasteiger partial charge in [0, 0.05) is 37.1 Å². The molecular formula is C23H27NO4. The maximum absolute atomic E-state index is 6.61. The van der Waals surface area contributed by atoms with E-state index in [2.05, 4.69) is 42.2 Å². The van der Waals surface area contributed by atoms with Crippen molar-refractivity contribution in [3.05, 3.63) is 47.5 Å². The first-order chi connectivity index (χ1) is 13.7. The molecule has 1 fully saturated rings. The maximum Gasteiger partial charge on any atom is 0.231 e. The van der Waals surface area contributed by atoms with Gasteiger partial charge in [-0.25, -0.2) is 0 Å². The highest BCUT2D eigenvalue weighted by Gasteiger charge is 2.44. The molecule has 2 aromatic carbocycles. The predicted octanol–water partition coefficient (Wildman–Crippen LogP) is 4.54. The van der Waals surface area contributed by atoms with Gasteiger partial charge in [-0.3, -0.25) is 4.90 Å². The van der Waals surface area contributed by atoms with Gasteiger partial charge in [0.2, 0.25) is 6.79 Å². The van der Waals surface area contributed by atoms with Crippen LogP contribution in [-0.2, 0) is 0 Å². The lowest BCUT2D eigenvalue weighted by molar-refractivity contribution is -0.0768. The molecule has 0 amide bonds. The summed E-state index contributed by atoms with van der Waals surface area (Å²) < 4.78 is 23.5. The number of ether oxygens (including phenoxy) is 4. The lowest BCUT2D eigenvalue weighted by Crippen LogP contribution is -2.52. The van der Waals surface area contributed by atoms with E-state index >= 15 is 0 Å². The van der Waals surface area contributed by atoms with Gasteiger partial charge in [0.15, 0.2) is 17.2 Å². The van der Waals surface area contributed by atoms with Crippen LogP contribution in [0.25, 0.3) is 0 Å². The second kappa shape index (κ2) is 6.89. The molecule has 1 saturated heterocycles. The molecule has 5 nitrogen and oxygen atoms in total. The highest BCUT2D eigenvalue weighted by atomic mass is 16.7. The molecule has 0 spiro atoms. The smallest absolute Gasteiger partial charge is 0.231 e. The molecule has 3 heterocycles. The molecule has 0 bridgehead atoms. The number of benzene rings is 2. The van der Waals surface area contributed by atoms with Crippen LogP contribution in [0.1, 0.15) is 50.2 Å². The molecule has 3 aliphatic rings. The van der Waals surface area contributed by atoms with Crippen molar-refractivity contribution < 1.29 is 18.9 Å². The number of likely N-dealkylation sites (tertiary alicyclic amines) is 1. The van der Waals surface area contributed by atoms with Crippen molar-refractivity contribution in [1.82, 2.24) is 4.90 Å². The molecule has 2 unspecified atom stereocenters. The lowest BCUT2D eigenvalue weighted by atomic mass is 9.81. The fourth-order valence-corrected chi connectivity index (χ4v) is 4.71. The minimum absolute atomic E-state index is 0.236. The molecule has 0 aliphatic carbocycles. The maximum atomic E-state index is 6.61. The van der Waals surface area contributed by atoms with Crippen molar-refractivity contribution in [2.24, 2.45) is 0 Å². The Labute approximate surface area is 166 Å². The summed E-state index contributed by atoms with van der Waals surface area (Å²) >= 11 is 0. The normalized spacial score (nSPS) is 26.0. The van der Waals surface area contributed by atoms with E-state index in [9.17, 15) is 0 Å². The van der Waals surface area contributed by atoms with Crippen molar-refractivity contribution in [2.45, 2.75) is 44.8 Å². The Bertz CT molecular complexity index is 860. The van der Waals surface area contributed by atoms with Gasteiger partial charge in [0.05, 0.1) is 6.61 Å². The van der Waals surface area contributed by atoms with Crippen molar-refractivity contribution in [3.63, 3.8) is 0 Å². The number of hydrogen-bond donors (Lipinski definition) is 0. The number of rotatable bonds is 4. The van der Waals surface area contributed by atoms with E-state index in [4.69, 9.17) is 18.9 Å². The monoisotopic (exact) mass is 381 g/mol. The molecule has 28 heavy (non-hydrogen) atoms. The lowest BCUT2D eigenvalue weighted by Gasteiger charge is -2.45. The van der Waals surface area contributed by atoms with E-state index in [-0.39, 0.29) is 18.4 Å². The van der Waals surface area contributed by atoms with Gasteiger partial charge >= 0.3 is 0 Å². The number of fused-ring (bicyclic) bond motifs is 2. The molecule has 2 aromatic rings. The van der Waals surface area contributed by atoms with Crippen LogP contribution >= 0.6 is 0 Å². The van der Waals surface area contributed by atoms with E-state index in [0.717, 1.165) is 42.5 Å². The van der Waals surface area contributed by atoms with E-state index in [1.54, 1.807) is 0 Å². The Morgan fingerprint density at radius 3 is 2.46 bits per heavy atom. The van der Waals surface area contributed by atoms with E-state index in [1.165, 1.54) is 24.0 Å². The fourth-order valence-electron chi connectivity index (χ4n) is 4.71. The Morgan fingerprint density at radius 1 is 1.04 bits per heavy atom. The summed E-state index contributed by atoms with van der Waals surface area (Å²) in [6.07, 6.45) is 3.38. The van der Waals surface area contributed by atoms with Gasteiger partial charge in [-0.1, -0.05) is 12.1 Å². The van der Waals surface area contributed by atoms with Crippen molar-refractivity contribution in [1.29, 1.82) is 0 Å². The summed E-state index contributed by atoms with van der Waals surface area (Å²) in [7, 11) is 0. The average Bonchev–Trinajstić information content (AvgIpc) is 3.39. The number of hydrogen-bond acceptors (Lipinski definition) is 5. The van der Waals surface area contributed by atoms with E-state index in [0.29, 0.717) is 6.61 Å². The molecule has 0 aromatic heterocycles. The molecule has 5 heteroatoms. The molecule has 0 radical (unpaired) electrons. The summed E-state index contributed by atoms with van der Waals surface area (Å²) in [6.45, 7) is 7.37. The summed E-state index contributed by atoms with van der Waals surface area (Å²) in [5.74, 6) is 3.63. The Kier molecular flexibility index (Phi) is 4.35. The first kappa shape index (κ1) is 17.7. The second-order valence-corrected chi connectivity index (χ2v) is 7.97. The van der Waals surface area contributed by atoms with Crippen LogP contribution in [0.15, 0.2) is 36.4 Å². The third-order valence-electron chi connectivity index (χ3n) is 6.16. The van der Waals surface area contributed by atoms with Crippen LogP contribution in [0, 0.1) is 0 Å². The van der Waals surface area contributed by atoms with Crippen LogP contribution in [0.4, 0.5) is 0 Å². The van der Waals surface area contributed by atoms with Crippen LogP contribution < -0.4 is 18.9 Å². The molecule has 2 atom stereocenters. The number of nitrogens with zero attached hydrogens (tertiary/aromatic N) is 1. The average molecular weight is 381 g/mol. The third-order valence-corrected chi connectivity index (χ3v) is 6.16. The summed E-state index contributed by atoms with van der Waals surface area (Å²) in [5.41, 5.74) is 2.13. The van der Waals surface area contributed by atoms with Crippen LogP contribution in [-0.4, -0.2) is 37.1 Å². The van der Waals surface area contributed by atoms with Gasteiger partial charge in [-0.2, -0.15) is 0 Å². The molecule has 0 N–H and O–H groups in total. The van der Waals surface area contributed by atoms with Crippen molar-refractivity contribution >= 4 is 0 Å². The Balaban J connectivity index is 1.56. The van der Waals surface area contributed by atoms with Gasteiger partial charge < -0.3 is 18.9 Å². The fraction of sp³-hybridized carbons (Fsp3) is 0.478. The molecule has 148 valence electrons. The van der Waals surface area contributed by atoms with E-state index in [1.807, 2.05) is 13.0 Å². The highest BCUT2D eigenvalue weighted by molar-refractivity contribution is 5.56. The van der Waals surface area contributed by atoms with E-state index < -0.39 is 0 Å². The van der Waals surface area contributed by atoms with Crippen LogP contribution in [0.3, 0.4) is 0 Å². The van der Waals surface area contributed by atoms with Gasteiger partial charge in [-0.05, 0) is 50.5 Å². The molecule has 0 saturated carbocycles. The zero-order valence-electron chi connectivity index (χ0n) is 16.6. The van der Waals surface area contributed by atoms with Crippen LogP contribution in [0.2, 0.25) is 0 Å². The first-order valence-electron chi connectivity index (χ1n) is 10.3. The highest BCUT2D eigenvalue weighted by Crippen LogP contribution is 2.50. The minimum atomic E-state index is -0.319. The zero-order chi connectivity index (χ0) is 19.1. The summed E-state index contributed by atoms with van der Waals surface area (Å²) in [4.78, 5) is 2.49. The Hall–Kier alpha value is -2.40. The van der Waals surface area contributed by atoms with Gasteiger partial charge in [0.1, 0.15) is 11.5 Å². The van der Waals surface area contributed by atoms with Gasteiger partial charge in [-0.15, -0.1) is 0 Å². The van der Waals surface area contributed by atoms with Crippen molar-refractivity contribution in [3.8, 4) is 23.0 Å². The minimum Gasteiger partial charge on any atom is -0.494 e. The van der Waals surface area contributed by atoms with Crippen molar-refractivity contribution in [2.75, 3.05) is 26.5 Å². The largest absolute Gasteiger partial charge is 0.494 e. The topological polar surface area (TPSA) is 40.2 Å². The summed E-state index contributed by atoms with van der Waals surface area (Å²) in [5, 5.41) is 0. The molecular weight excluding hydrogens is 354 g/mol. The van der Waals surface area contributed by atoms with Crippen LogP contribution in [0.5, 0.6) is 23.0 Å². The standard InChI is InChI=1S/C23H27NO4/c1-3-25-17-8-6-16(7-9-17)19-14-23(2,24-10-4-5-11-24)28-20-13-22-21(12-18(19)20)26-15-27-22/h6-9,12-13,19H,3-5,10-11,14-15H2,1-2H3. The summed E-state index contributed by atoms with van der Waals surface area (Å²) in [6, 6.07) is 12.6. The zero-order valence-corrected chi connectivity index (χ0v) is 16.6. The SMILES string of the molecule is CCOc1ccc(C2CC(C)(N3CCCC3)Oc3cc4c(cc32)OCO4)cc1.